The Labute approximate surface area is 99.6 Å². The quantitative estimate of drug-likeness (QED) is 0.270. The predicted molar refractivity (Wildman–Crippen MR) is 47.1 cm³/mol. The summed E-state index contributed by atoms with van der Waals surface area (Å²) < 4.78 is 14.3. The average molecular weight is 310 g/mol. The molecular weight excluding hydrogens is 298 g/mol. The van der Waals surface area contributed by atoms with E-state index in [1.807, 2.05) is 23.9 Å². The minimum absolute atomic E-state index is 0. The highest BCUT2D eigenvalue weighted by Crippen LogP contribution is 1.98. The van der Waals surface area contributed by atoms with Gasteiger partial charge in [0.1, 0.15) is 26.5 Å². The summed E-state index contributed by atoms with van der Waals surface area (Å²) in [6.07, 6.45) is 3.66. The zero-order chi connectivity index (χ0) is 9.68. The Morgan fingerprint density at radius 3 is 2.86 bits per heavy atom. The SMILES string of the molecule is CO/N=C(\CF)c1ccc[n+](C)c1.[I-]. The Balaban J connectivity index is 0.00000169. The van der Waals surface area contributed by atoms with Crippen molar-refractivity contribution in [2.75, 3.05) is 13.8 Å². The number of rotatable bonds is 3. The molecule has 0 unspecified atom stereocenters. The van der Waals surface area contributed by atoms with Gasteiger partial charge in [0.25, 0.3) is 0 Å². The van der Waals surface area contributed by atoms with E-state index in [9.17, 15) is 4.39 Å². The number of oxime groups is 1. The molecule has 1 aromatic heterocycles. The van der Waals surface area contributed by atoms with E-state index in [1.165, 1.54) is 7.11 Å². The predicted octanol–water partition coefficient (Wildman–Crippen LogP) is -2.16. The Bertz CT molecular complexity index is 317. The Kier molecular flexibility index (Phi) is 6.35. The third-order valence-electron chi connectivity index (χ3n) is 1.60. The molecule has 0 aliphatic carbocycles. The summed E-state index contributed by atoms with van der Waals surface area (Å²) in [4.78, 5) is 4.53. The third kappa shape index (κ3) is 3.57. The van der Waals surface area contributed by atoms with Crippen LogP contribution in [0, 0.1) is 0 Å². The van der Waals surface area contributed by atoms with Crippen LogP contribution in [0.5, 0.6) is 0 Å². The van der Waals surface area contributed by atoms with Gasteiger partial charge in [0.05, 0.1) is 5.56 Å². The van der Waals surface area contributed by atoms with Crippen LogP contribution in [0.4, 0.5) is 4.39 Å². The molecule has 3 nitrogen and oxygen atoms in total. The van der Waals surface area contributed by atoms with Crippen molar-refractivity contribution in [3.05, 3.63) is 30.1 Å². The number of halogens is 2. The average Bonchev–Trinajstić information content (AvgIpc) is 2.14. The van der Waals surface area contributed by atoms with Gasteiger partial charge in [0.2, 0.25) is 0 Å². The van der Waals surface area contributed by atoms with Crippen LogP contribution in [0.2, 0.25) is 0 Å². The van der Waals surface area contributed by atoms with E-state index in [1.54, 1.807) is 12.3 Å². The molecule has 1 rings (SSSR count). The van der Waals surface area contributed by atoms with Gasteiger partial charge in [-0.05, 0) is 6.07 Å². The number of alkyl halides is 1. The summed E-state index contributed by atoms with van der Waals surface area (Å²) in [7, 11) is 3.27. The lowest BCUT2D eigenvalue weighted by molar-refractivity contribution is -0.671. The van der Waals surface area contributed by atoms with Crippen molar-refractivity contribution in [1.29, 1.82) is 0 Å². The van der Waals surface area contributed by atoms with Crippen LogP contribution < -0.4 is 28.5 Å². The molecule has 0 radical (unpaired) electrons. The maximum absolute atomic E-state index is 12.4. The van der Waals surface area contributed by atoms with E-state index < -0.39 is 6.67 Å². The lowest BCUT2D eigenvalue weighted by atomic mass is 10.2. The van der Waals surface area contributed by atoms with Crippen molar-refractivity contribution in [3.8, 4) is 0 Å². The maximum atomic E-state index is 12.4. The lowest BCUT2D eigenvalue weighted by Gasteiger charge is -1.98. The molecule has 1 aromatic rings. The summed E-state index contributed by atoms with van der Waals surface area (Å²) >= 11 is 0. The second-order valence-electron chi connectivity index (χ2n) is 2.61. The standard InChI is InChI=1S/C9H12FN2O.HI/c1-12-5-3-4-8(7-12)9(6-10)11-13-2;/h3-5,7H,6H2,1-2H3;1H/q+1;/p-1/b11-9+;. The molecule has 0 fully saturated rings. The van der Waals surface area contributed by atoms with Gasteiger partial charge in [-0.3, -0.25) is 0 Å². The van der Waals surface area contributed by atoms with Gasteiger partial charge < -0.3 is 28.8 Å². The van der Waals surface area contributed by atoms with Crippen LogP contribution >= 0.6 is 0 Å². The highest BCUT2D eigenvalue weighted by atomic mass is 127. The molecule has 0 aliphatic rings. The fourth-order valence-corrected chi connectivity index (χ4v) is 1.02. The van der Waals surface area contributed by atoms with E-state index in [4.69, 9.17) is 0 Å². The molecule has 0 saturated heterocycles. The van der Waals surface area contributed by atoms with Crippen molar-refractivity contribution < 1.29 is 37.8 Å². The molecule has 0 aliphatic heterocycles. The van der Waals surface area contributed by atoms with Crippen LogP contribution in [0.1, 0.15) is 5.56 Å². The summed E-state index contributed by atoms with van der Waals surface area (Å²) in [5.74, 6) is 0. The minimum atomic E-state index is -0.627. The second-order valence-corrected chi connectivity index (χ2v) is 2.61. The first-order valence-electron chi connectivity index (χ1n) is 3.89. The normalized spacial score (nSPS) is 10.6. The monoisotopic (exact) mass is 310 g/mol. The number of nitrogens with zero attached hydrogens (tertiary/aromatic N) is 2. The summed E-state index contributed by atoms with van der Waals surface area (Å²) in [5.41, 5.74) is 1.04. The van der Waals surface area contributed by atoms with E-state index in [-0.39, 0.29) is 24.0 Å². The van der Waals surface area contributed by atoms with Crippen LogP contribution in [0.25, 0.3) is 0 Å². The minimum Gasteiger partial charge on any atom is -1.00 e. The molecule has 0 N–H and O–H groups in total. The molecule has 0 amide bonds. The highest BCUT2D eigenvalue weighted by molar-refractivity contribution is 6.00. The fraction of sp³-hybridized carbons (Fsp3) is 0.333. The largest absolute Gasteiger partial charge is 1.00 e. The first kappa shape index (κ1) is 13.3. The molecule has 0 atom stereocenters. The Hall–Kier alpha value is -0.720. The number of hydrogen-bond donors (Lipinski definition) is 0. The Morgan fingerprint density at radius 1 is 1.64 bits per heavy atom. The van der Waals surface area contributed by atoms with Crippen molar-refractivity contribution in [1.82, 2.24) is 0 Å². The van der Waals surface area contributed by atoms with E-state index in [0.717, 1.165) is 5.56 Å². The topological polar surface area (TPSA) is 25.5 Å². The van der Waals surface area contributed by atoms with Gasteiger partial charge >= 0.3 is 0 Å². The second kappa shape index (κ2) is 6.69. The van der Waals surface area contributed by atoms with Gasteiger partial charge in [-0.25, -0.2) is 8.96 Å². The molecule has 5 heteroatoms. The van der Waals surface area contributed by atoms with Gasteiger partial charge in [-0.1, -0.05) is 5.16 Å². The first-order chi connectivity index (χ1) is 6.27. The van der Waals surface area contributed by atoms with E-state index in [0.29, 0.717) is 5.71 Å². The first-order valence-corrected chi connectivity index (χ1v) is 3.89. The van der Waals surface area contributed by atoms with Gasteiger partial charge in [0.15, 0.2) is 12.4 Å². The van der Waals surface area contributed by atoms with Gasteiger partial charge in [0, 0.05) is 6.07 Å². The zero-order valence-electron chi connectivity index (χ0n) is 8.08. The zero-order valence-corrected chi connectivity index (χ0v) is 10.2. The number of hydrogen-bond acceptors (Lipinski definition) is 2. The van der Waals surface area contributed by atoms with E-state index in [2.05, 4.69) is 9.99 Å². The molecular formula is C9H12FIN2O. The summed E-state index contributed by atoms with van der Waals surface area (Å²) in [6.45, 7) is -0.627. The Morgan fingerprint density at radius 2 is 2.36 bits per heavy atom. The smallest absolute Gasteiger partial charge is 0.177 e. The summed E-state index contributed by atoms with van der Waals surface area (Å²) in [5, 5.41) is 3.58. The van der Waals surface area contributed by atoms with Crippen molar-refractivity contribution in [2.45, 2.75) is 0 Å². The molecule has 1 heterocycles. The van der Waals surface area contributed by atoms with Crippen molar-refractivity contribution >= 4 is 5.71 Å². The van der Waals surface area contributed by atoms with Gasteiger partial charge in [-0.15, -0.1) is 0 Å². The van der Waals surface area contributed by atoms with Crippen LogP contribution in [-0.2, 0) is 11.9 Å². The van der Waals surface area contributed by atoms with Crippen LogP contribution in [-0.4, -0.2) is 19.5 Å². The summed E-state index contributed by atoms with van der Waals surface area (Å²) in [6, 6.07) is 3.62. The number of pyridine rings is 1. The molecule has 14 heavy (non-hydrogen) atoms. The number of aromatic nitrogens is 1. The van der Waals surface area contributed by atoms with Crippen LogP contribution in [0.3, 0.4) is 0 Å². The fourth-order valence-electron chi connectivity index (χ4n) is 1.02. The van der Waals surface area contributed by atoms with Crippen molar-refractivity contribution in [3.63, 3.8) is 0 Å². The molecule has 0 saturated carbocycles. The number of aryl methyl sites for hydroxylation is 1. The molecule has 0 spiro atoms. The van der Waals surface area contributed by atoms with E-state index >= 15 is 0 Å². The van der Waals surface area contributed by atoms with Gasteiger partial charge in [-0.2, -0.15) is 0 Å². The molecule has 0 aromatic carbocycles. The highest BCUT2D eigenvalue weighted by Gasteiger charge is 2.06. The van der Waals surface area contributed by atoms with Crippen molar-refractivity contribution in [2.24, 2.45) is 12.2 Å². The third-order valence-corrected chi connectivity index (χ3v) is 1.60. The lowest BCUT2D eigenvalue weighted by Crippen LogP contribution is -3.00. The molecule has 0 bridgehead atoms. The maximum Gasteiger partial charge on any atom is 0.177 e. The van der Waals surface area contributed by atoms with Crippen LogP contribution in [0.15, 0.2) is 29.7 Å². The molecule has 78 valence electrons.